The standard InChI is InChI=1S/C25H44N4O4/c1-24(2)17-11-12-25(24,3)20(15-17)29-21(30)19(14-16-8-5-4-6-9-16)28-23(33)27-18(22(31)32)10-7-13-26/h16-20H,4-15,26H2,1-3H3,(H,29,30)(H,31,32)(H2,27,28,33)/t17-,18+,19-,20+,25+/m1/s1. The maximum Gasteiger partial charge on any atom is 0.326 e. The van der Waals surface area contributed by atoms with Crippen LogP contribution in [-0.2, 0) is 9.59 Å². The van der Waals surface area contributed by atoms with E-state index in [1.54, 1.807) is 0 Å². The fourth-order valence-electron chi connectivity index (χ4n) is 6.62. The Morgan fingerprint density at radius 1 is 1.03 bits per heavy atom. The Balaban J connectivity index is 1.66. The van der Waals surface area contributed by atoms with Crippen molar-refractivity contribution in [1.82, 2.24) is 16.0 Å². The fourth-order valence-corrected chi connectivity index (χ4v) is 6.62. The monoisotopic (exact) mass is 464 g/mol. The largest absolute Gasteiger partial charge is 0.480 e. The van der Waals surface area contributed by atoms with Gasteiger partial charge in [0.05, 0.1) is 0 Å². The van der Waals surface area contributed by atoms with Crippen molar-refractivity contribution in [1.29, 1.82) is 0 Å². The number of fused-ring (bicyclic) bond motifs is 2. The quantitative estimate of drug-likeness (QED) is 0.339. The van der Waals surface area contributed by atoms with Gasteiger partial charge in [-0.3, -0.25) is 4.79 Å². The molecular formula is C25H44N4O4. The van der Waals surface area contributed by atoms with Crippen LogP contribution in [0.25, 0.3) is 0 Å². The topological polar surface area (TPSA) is 134 Å². The maximum atomic E-state index is 13.4. The third kappa shape index (κ3) is 5.64. The van der Waals surface area contributed by atoms with E-state index in [1.165, 1.54) is 12.8 Å². The number of hydrogen-bond acceptors (Lipinski definition) is 4. The van der Waals surface area contributed by atoms with E-state index in [9.17, 15) is 19.5 Å². The van der Waals surface area contributed by atoms with Crippen molar-refractivity contribution in [3.05, 3.63) is 0 Å². The van der Waals surface area contributed by atoms with Gasteiger partial charge >= 0.3 is 12.0 Å². The lowest BCUT2D eigenvalue weighted by atomic mass is 9.69. The maximum absolute atomic E-state index is 13.4. The van der Waals surface area contributed by atoms with Gasteiger partial charge in [0.2, 0.25) is 5.91 Å². The van der Waals surface area contributed by atoms with Crippen molar-refractivity contribution >= 4 is 17.9 Å². The molecule has 5 atom stereocenters. The fraction of sp³-hybridized carbons (Fsp3) is 0.880. The number of carboxylic acids is 1. The van der Waals surface area contributed by atoms with E-state index in [-0.39, 0.29) is 29.2 Å². The third-order valence-electron chi connectivity index (χ3n) is 9.33. The second-order valence-corrected chi connectivity index (χ2v) is 11.4. The Morgan fingerprint density at radius 2 is 1.70 bits per heavy atom. The Kier molecular flexibility index (Phi) is 8.30. The van der Waals surface area contributed by atoms with E-state index in [1.807, 2.05) is 0 Å². The van der Waals surface area contributed by atoms with Gasteiger partial charge in [0.1, 0.15) is 12.1 Å². The highest BCUT2D eigenvalue weighted by Gasteiger charge is 2.61. The van der Waals surface area contributed by atoms with Crippen molar-refractivity contribution in [3.63, 3.8) is 0 Å². The number of urea groups is 1. The van der Waals surface area contributed by atoms with Crippen LogP contribution in [0, 0.1) is 22.7 Å². The first kappa shape index (κ1) is 25.8. The summed E-state index contributed by atoms with van der Waals surface area (Å²) >= 11 is 0. The molecule has 3 saturated carbocycles. The molecule has 2 bridgehead atoms. The molecule has 0 saturated heterocycles. The van der Waals surface area contributed by atoms with Crippen LogP contribution >= 0.6 is 0 Å². The average Bonchev–Trinajstić information content (AvgIpc) is 3.10. The minimum atomic E-state index is -1.09. The van der Waals surface area contributed by atoms with Crippen LogP contribution in [0.3, 0.4) is 0 Å². The molecule has 0 aromatic rings. The molecule has 0 heterocycles. The van der Waals surface area contributed by atoms with Crippen LogP contribution in [0.1, 0.15) is 91.4 Å². The molecule has 6 N–H and O–H groups in total. The van der Waals surface area contributed by atoms with Crippen molar-refractivity contribution in [2.75, 3.05) is 6.54 Å². The molecule has 3 rings (SSSR count). The number of carboxylic acid groups (broad SMARTS) is 1. The molecule has 0 spiro atoms. The number of hydrogen-bond donors (Lipinski definition) is 5. The van der Waals surface area contributed by atoms with Gasteiger partial charge in [-0.15, -0.1) is 0 Å². The van der Waals surface area contributed by atoms with E-state index < -0.39 is 24.1 Å². The lowest BCUT2D eigenvalue weighted by molar-refractivity contribution is -0.139. The average molecular weight is 465 g/mol. The minimum absolute atomic E-state index is 0.0571. The second-order valence-electron chi connectivity index (χ2n) is 11.4. The van der Waals surface area contributed by atoms with Gasteiger partial charge in [-0.25, -0.2) is 9.59 Å². The molecule has 0 aliphatic heterocycles. The van der Waals surface area contributed by atoms with Crippen LogP contribution < -0.4 is 21.7 Å². The van der Waals surface area contributed by atoms with Crippen LogP contribution in [0.5, 0.6) is 0 Å². The highest BCUT2D eigenvalue weighted by molar-refractivity contribution is 5.89. The van der Waals surface area contributed by atoms with Gasteiger partial charge in [0.25, 0.3) is 0 Å². The van der Waals surface area contributed by atoms with E-state index in [4.69, 9.17) is 5.73 Å². The Morgan fingerprint density at radius 3 is 2.24 bits per heavy atom. The number of nitrogens with two attached hydrogens (primary N) is 1. The van der Waals surface area contributed by atoms with E-state index in [2.05, 4.69) is 36.7 Å². The van der Waals surface area contributed by atoms with Crippen LogP contribution in [-0.4, -0.2) is 47.7 Å². The van der Waals surface area contributed by atoms with Crippen LogP contribution in [0.2, 0.25) is 0 Å². The predicted molar refractivity (Wildman–Crippen MR) is 128 cm³/mol. The smallest absolute Gasteiger partial charge is 0.326 e. The number of aliphatic carboxylic acids is 1. The first-order chi connectivity index (χ1) is 15.6. The van der Waals surface area contributed by atoms with Gasteiger partial charge in [-0.05, 0) is 67.7 Å². The molecule has 0 aromatic heterocycles. The summed E-state index contributed by atoms with van der Waals surface area (Å²) < 4.78 is 0. The Bertz CT molecular complexity index is 721. The summed E-state index contributed by atoms with van der Waals surface area (Å²) in [4.78, 5) is 37.7. The number of carbonyl (C=O) groups excluding carboxylic acids is 2. The molecule has 8 nitrogen and oxygen atoms in total. The van der Waals surface area contributed by atoms with Crippen LogP contribution in [0.4, 0.5) is 4.79 Å². The summed E-state index contributed by atoms with van der Waals surface area (Å²) in [5.74, 6) is -0.225. The number of amides is 3. The molecule has 0 radical (unpaired) electrons. The molecule has 3 fully saturated rings. The summed E-state index contributed by atoms with van der Waals surface area (Å²) in [6, 6.07) is -2.18. The van der Waals surface area contributed by atoms with Crippen LogP contribution in [0.15, 0.2) is 0 Å². The van der Waals surface area contributed by atoms with Gasteiger partial charge < -0.3 is 26.8 Å². The summed E-state index contributed by atoms with van der Waals surface area (Å²) in [5, 5.41) is 18.1. The van der Waals surface area contributed by atoms with Gasteiger partial charge in [0, 0.05) is 6.04 Å². The molecular weight excluding hydrogens is 420 g/mol. The summed E-state index contributed by atoms with van der Waals surface area (Å²) in [7, 11) is 0. The third-order valence-corrected chi connectivity index (χ3v) is 9.33. The van der Waals surface area contributed by atoms with E-state index >= 15 is 0 Å². The minimum Gasteiger partial charge on any atom is -0.480 e. The van der Waals surface area contributed by atoms with E-state index in [0.29, 0.717) is 31.2 Å². The zero-order valence-corrected chi connectivity index (χ0v) is 20.6. The Labute approximate surface area is 198 Å². The van der Waals surface area contributed by atoms with Gasteiger partial charge in [-0.1, -0.05) is 52.9 Å². The van der Waals surface area contributed by atoms with Crippen molar-refractivity contribution in [2.45, 2.75) is 110 Å². The highest BCUT2D eigenvalue weighted by Crippen LogP contribution is 2.65. The molecule has 8 heteroatoms. The highest BCUT2D eigenvalue weighted by atomic mass is 16.4. The van der Waals surface area contributed by atoms with Gasteiger partial charge in [0.15, 0.2) is 0 Å². The predicted octanol–water partition coefficient (Wildman–Crippen LogP) is 3.15. The molecule has 33 heavy (non-hydrogen) atoms. The van der Waals surface area contributed by atoms with E-state index in [0.717, 1.165) is 38.5 Å². The molecule has 3 amide bonds. The number of carbonyl (C=O) groups is 3. The summed E-state index contributed by atoms with van der Waals surface area (Å²) in [5.41, 5.74) is 5.74. The van der Waals surface area contributed by atoms with Gasteiger partial charge in [-0.2, -0.15) is 0 Å². The molecule has 3 aliphatic carbocycles. The van der Waals surface area contributed by atoms with Crippen molar-refractivity contribution in [2.24, 2.45) is 28.4 Å². The summed E-state index contributed by atoms with van der Waals surface area (Å²) in [6.07, 6.45) is 10.3. The first-order valence-electron chi connectivity index (χ1n) is 12.9. The van der Waals surface area contributed by atoms with Crippen molar-refractivity contribution in [3.8, 4) is 0 Å². The molecule has 0 unspecified atom stereocenters. The molecule has 0 aromatic carbocycles. The normalized spacial score (nSPS) is 30.4. The number of rotatable bonds is 10. The first-order valence-corrected chi connectivity index (χ1v) is 12.9. The lowest BCUT2D eigenvalue weighted by Crippen LogP contribution is -2.57. The zero-order chi connectivity index (χ0) is 24.2. The number of nitrogens with one attached hydrogen (secondary N) is 3. The second kappa shape index (κ2) is 10.6. The lowest BCUT2D eigenvalue weighted by Gasteiger charge is -2.40. The SMILES string of the molecule is CC1(C)[C@@H]2CC[C@@]1(C)[C@@H](NC(=O)[C@@H](CC1CCCCC1)NC(=O)N[C@@H](CCCN)C(=O)O)C2. The zero-order valence-electron chi connectivity index (χ0n) is 20.6. The molecule has 188 valence electrons. The summed E-state index contributed by atoms with van der Waals surface area (Å²) in [6.45, 7) is 7.28. The van der Waals surface area contributed by atoms with Crippen molar-refractivity contribution < 1.29 is 19.5 Å². The molecule has 3 aliphatic rings. The Hall–Kier alpha value is -1.83.